The molecule has 0 spiro atoms. The third-order valence-corrected chi connectivity index (χ3v) is 6.67. The predicted octanol–water partition coefficient (Wildman–Crippen LogP) is 3.21. The van der Waals surface area contributed by atoms with E-state index in [1.807, 2.05) is 30.3 Å². The number of nitro groups is 1. The van der Waals surface area contributed by atoms with Gasteiger partial charge in [-0.15, -0.1) is 0 Å². The van der Waals surface area contributed by atoms with E-state index in [0.717, 1.165) is 5.56 Å². The molecule has 36 heavy (non-hydrogen) atoms. The molecule has 1 aromatic rings. The normalized spacial score (nSPS) is 23.3. The van der Waals surface area contributed by atoms with Gasteiger partial charge >= 0.3 is 12.2 Å². The van der Waals surface area contributed by atoms with Crippen LogP contribution in [0.4, 0.5) is 9.59 Å². The van der Waals surface area contributed by atoms with Crippen molar-refractivity contribution >= 4 is 12.2 Å². The Morgan fingerprint density at radius 2 is 1.81 bits per heavy atom. The van der Waals surface area contributed by atoms with Crippen LogP contribution in [0.1, 0.15) is 52.0 Å². The molecule has 0 saturated carbocycles. The maximum absolute atomic E-state index is 12.9. The highest BCUT2D eigenvalue weighted by Crippen LogP contribution is 2.33. The molecule has 3 rings (SSSR count). The van der Waals surface area contributed by atoms with Gasteiger partial charge in [-0.2, -0.15) is 0 Å². The molecule has 0 radical (unpaired) electrons. The number of hydrogen-bond acceptors (Lipinski definition) is 8. The fraction of sp³-hybridized carbons (Fsp3) is 0.680. The number of benzene rings is 1. The molecule has 1 aromatic carbocycles. The van der Waals surface area contributed by atoms with Crippen molar-refractivity contribution in [3.8, 4) is 0 Å². The summed E-state index contributed by atoms with van der Waals surface area (Å²) >= 11 is 0. The van der Waals surface area contributed by atoms with Gasteiger partial charge in [0.2, 0.25) is 0 Å². The number of amides is 2. The molecular weight excluding hydrogens is 470 g/mol. The van der Waals surface area contributed by atoms with E-state index in [9.17, 15) is 24.8 Å². The Kier molecular flexibility index (Phi) is 9.13. The number of nitrogens with zero attached hydrogens (tertiary/aromatic N) is 3. The second-order valence-electron chi connectivity index (χ2n) is 10.4. The average Bonchev–Trinajstić information content (AvgIpc) is 2.85. The summed E-state index contributed by atoms with van der Waals surface area (Å²) in [5.41, 5.74) is -1.58. The van der Waals surface area contributed by atoms with Crippen LogP contribution in [0.2, 0.25) is 0 Å². The van der Waals surface area contributed by atoms with Crippen LogP contribution in [-0.2, 0) is 20.8 Å². The van der Waals surface area contributed by atoms with Gasteiger partial charge in [0.1, 0.15) is 24.9 Å². The number of hydrogen-bond donors (Lipinski definition) is 1. The zero-order valence-corrected chi connectivity index (χ0v) is 21.3. The number of carbonyl (C=O) groups is 2. The van der Waals surface area contributed by atoms with Gasteiger partial charge in [0.05, 0.1) is 12.7 Å². The highest BCUT2D eigenvalue weighted by molar-refractivity contribution is 5.69. The Morgan fingerprint density at radius 1 is 1.14 bits per heavy atom. The highest BCUT2D eigenvalue weighted by atomic mass is 16.6. The van der Waals surface area contributed by atoms with E-state index in [-0.39, 0.29) is 32.3 Å². The third kappa shape index (κ3) is 6.85. The van der Waals surface area contributed by atoms with E-state index in [2.05, 4.69) is 0 Å². The van der Waals surface area contributed by atoms with E-state index < -0.39 is 40.9 Å². The number of aliphatic hydroxyl groups excluding tert-OH is 1. The van der Waals surface area contributed by atoms with Crippen molar-refractivity contribution in [1.29, 1.82) is 0 Å². The van der Waals surface area contributed by atoms with Crippen LogP contribution in [0.25, 0.3) is 0 Å². The molecule has 2 amide bonds. The molecule has 11 heteroatoms. The Morgan fingerprint density at radius 3 is 2.39 bits per heavy atom. The van der Waals surface area contributed by atoms with Crippen molar-refractivity contribution in [2.24, 2.45) is 0 Å². The second-order valence-corrected chi connectivity index (χ2v) is 10.4. The van der Waals surface area contributed by atoms with E-state index in [1.54, 1.807) is 25.7 Å². The van der Waals surface area contributed by atoms with Crippen molar-refractivity contribution in [3.05, 3.63) is 46.0 Å². The highest BCUT2D eigenvalue weighted by Gasteiger charge is 2.56. The van der Waals surface area contributed by atoms with Crippen molar-refractivity contribution in [2.45, 2.75) is 76.3 Å². The van der Waals surface area contributed by atoms with Gasteiger partial charge in [-0.05, 0) is 45.6 Å². The Bertz CT molecular complexity index is 898. The summed E-state index contributed by atoms with van der Waals surface area (Å²) in [6, 6.07) is 8.45. The Labute approximate surface area is 211 Å². The van der Waals surface area contributed by atoms with Crippen molar-refractivity contribution in [1.82, 2.24) is 9.80 Å². The lowest BCUT2D eigenvalue weighted by Gasteiger charge is -2.44. The lowest BCUT2D eigenvalue weighted by Crippen LogP contribution is -2.66. The third-order valence-electron chi connectivity index (χ3n) is 6.67. The molecule has 2 atom stereocenters. The fourth-order valence-electron chi connectivity index (χ4n) is 4.65. The number of aliphatic hydroxyl groups is 1. The van der Waals surface area contributed by atoms with Crippen LogP contribution in [0.5, 0.6) is 0 Å². The first-order chi connectivity index (χ1) is 17.1. The van der Waals surface area contributed by atoms with Crippen molar-refractivity contribution in [3.63, 3.8) is 0 Å². The lowest BCUT2D eigenvalue weighted by atomic mass is 9.82. The second kappa shape index (κ2) is 11.9. The summed E-state index contributed by atoms with van der Waals surface area (Å²) in [6.45, 7) is 5.71. The van der Waals surface area contributed by atoms with Crippen LogP contribution in [-0.4, -0.2) is 88.1 Å². The quantitative estimate of drug-likeness (QED) is 0.440. The number of ether oxygens (including phenoxy) is 3. The van der Waals surface area contributed by atoms with E-state index in [0.29, 0.717) is 32.4 Å². The van der Waals surface area contributed by atoms with Crippen molar-refractivity contribution < 1.29 is 33.8 Å². The molecule has 2 heterocycles. The van der Waals surface area contributed by atoms with Gasteiger partial charge in [0, 0.05) is 31.0 Å². The average molecular weight is 508 g/mol. The van der Waals surface area contributed by atoms with Crippen LogP contribution in [0.3, 0.4) is 0 Å². The number of carbonyl (C=O) groups excluding carboxylic acids is 2. The smallest absolute Gasteiger partial charge is 0.410 e. The number of rotatable bonds is 7. The summed E-state index contributed by atoms with van der Waals surface area (Å²) in [5.74, 6) is 0. The van der Waals surface area contributed by atoms with Crippen LogP contribution in [0.15, 0.2) is 30.3 Å². The van der Waals surface area contributed by atoms with E-state index in [1.165, 1.54) is 4.90 Å². The summed E-state index contributed by atoms with van der Waals surface area (Å²) in [4.78, 5) is 39.8. The maximum Gasteiger partial charge on any atom is 0.410 e. The Balaban J connectivity index is 1.58. The SMILES string of the molecule is CC(C)(C)OC(=O)N1CCC[C@](CO)([N+](=O)[O-])[C@@H]1COC1CCN(C(=O)OCc2ccccc2)CC1. The molecule has 11 nitrogen and oxygen atoms in total. The minimum atomic E-state index is -1.73. The van der Waals surface area contributed by atoms with Gasteiger partial charge in [-0.3, -0.25) is 15.0 Å². The summed E-state index contributed by atoms with van der Waals surface area (Å²) in [6.07, 6.45) is 0.276. The van der Waals surface area contributed by atoms with Crippen LogP contribution in [0, 0.1) is 10.1 Å². The zero-order valence-electron chi connectivity index (χ0n) is 21.3. The minimum absolute atomic E-state index is 0.107. The standard InChI is InChI=1S/C25H37N3O8/c1-24(2,3)36-23(31)27-13-7-12-25(18-29,28(32)33)21(27)17-34-20-10-14-26(15-11-20)22(30)35-16-19-8-5-4-6-9-19/h4-6,8-9,20-21,29H,7,10-18H2,1-3H3/t21-,25+/m0/s1. The fourth-order valence-corrected chi connectivity index (χ4v) is 4.65. The maximum atomic E-state index is 12.9. The first kappa shape index (κ1) is 27.7. The molecule has 2 aliphatic heterocycles. The van der Waals surface area contributed by atoms with E-state index >= 15 is 0 Å². The summed E-state index contributed by atoms with van der Waals surface area (Å²) in [5, 5.41) is 22.1. The van der Waals surface area contributed by atoms with E-state index in [4.69, 9.17) is 14.2 Å². The first-order valence-electron chi connectivity index (χ1n) is 12.4. The first-order valence-corrected chi connectivity index (χ1v) is 12.4. The van der Waals surface area contributed by atoms with Gasteiger partial charge < -0.3 is 24.2 Å². The van der Waals surface area contributed by atoms with Crippen LogP contribution < -0.4 is 0 Å². The number of likely N-dealkylation sites (tertiary alicyclic amines) is 2. The summed E-state index contributed by atoms with van der Waals surface area (Å²) < 4.78 is 16.9. The molecule has 2 aliphatic rings. The molecule has 0 unspecified atom stereocenters. The predicted molar refractivity (Wildman–Crippen MR) is 130 cm³/mol. The Hall–Kier alpha value is -2.92. The largest absolute Gasteiger partial charge is 0.445 e. The zero-order chi connectivity index (χ0) is 26.3. The lowest BCUT2D eigenvalue weighted by molar-refractivity contribution is -0.587. The molecule has 1 N–H and O–H groups in total. The minimum Gasteiger partial charge on any atom is -0.445 e. The molecule has 0 aliphatic carbocycles. The molecule has 0 aromatic heterocycles. The van der Waals surface area contributed by atoms with Crippen molar-refractivity contribution in [2.75, 3.05) is 32.8 Å². The topological polar surface area (TPSA) is 132 Å². The molecular formula is C25H37N3O8. The monoisotopic (exact) mass is 507 g/mol. The summed E-state index contributed by atoms with van der Waals surface area (Å²) in [7, 11) is 0. The van der Waals surface area contributed by atoms with Crippen LogP contribution >= 0.6 is 0 Å². The molecule has 2 saturated heterocycles. The van der Waals surface area contributed by atoms with Gasteiger partial charge in [-0.25, -0.2) is 9.59 Å². The number of piperidine rings is 2. The van der Waals surface area contributed by atoms with Gasteiger partial charge in [0.15, 0.2) is 0 Å². The molecule has 200 valence electrons. The van der Waals surface area contributed by atoms with Gasteiger partial charge in [-0.1, -0.05) is 30.3 Å². The van der Waals surface area contributed by atoms with Gasteiger partial charge in [0.25, 0.3) is 5.54 Å². The molecule has 2 fully saturated rings. The molecule has 0 bridgehead atoms.